The summed E-state index contributed by atoms with van der Waals surface area (Å²) in [7, 11) is 0. The number of phenols is 1. The number of aromatic hydroxyl groups is 1. The van der Waals surface area contributed by atoms with Crippen molar-refractivity contribution < 1.29 is 10.2 Å². The molecule has 0 saturated carbocycles. The largest absolute Gasteiger partial charge is 0.506 e. The Hall–Kier alpha value is -0.730. The predicted octanol–water partition coefficient (Wildman–Crippen LogP) is 2.89. The standard InChI is InChI=1S/C11H15ClO2/c1-6-5-8(11(3,4)14)10(13)9(12)7(6)2/h5,13-14H,1-4H3. The first-order valence-electron chi connectivity index (χ1n) is 4.46. The number of aryl methyl sites for hydroxylation is 1. The van der Waals surface area contributed by atoms with Crippen LogP contribution >= 0.6 is 11.6 Å². The lowest BCUT2D eigenvalue weighted by molar-refractivity contribution is 0.0757. The highest BCUT2D eigenvalue weighted by Gasteiger charge is 2.23. The topological polar surface area (TPSA) is 40.5 Å². The van der Waals surface area contributed by atoms with Gasteiger partial charge in [0.05, 0.1) is 10.6 Å². The first-order valence-corrected chi connectivity index (χ1v) is 4.84. The van der Waals surface area contributed by atoms with Gasteiger partial charge >= 0.3 is 0 Å². The van der Waals surface area contributed by atoms with E-state index in [1.165, 1.54) is 0 Å². The fraction of sp³-hybridized carbons (Fsp3) is 0.455. The number of aliphatic hydroxyl groups is 1. The number of phenolic OH excluding ortho intramolecular Hbond substituents is 1. The summed E-state index contributed by atoms with van der Waals surface area (Å²) in [5.74, 6) is -0.0257. The van der Waals surface area contributed by atoms with Crippen LogP contribution in [0.3, 0.4) is 0 Å². The summed E-state index contributed by atoms with van der Waals surface area (Å²) in [6.07, 6.45) is 0. The zero-order chi connectivity index (χ0) is 11.1. The molecule has 0 aromatic heterocycles. The van der Waals surface area contributed by atoms with Gasteiger partial charge in [0.2, 0.25) is 0 Å². The van der Waals surface area contributed by atoms with Crippen LogP contribution in [0.4, 0.5) is 0 Å². The van der Waals surface area contributed by atoms with E-state index >= 15 is 0 Å². The Labute approximate surface area is 89.1 Å². The van der Waals surface area contributed by atoms with Crippen LogP contribution in [0.15, 0.2) is 6.07 Å². The van der Waals surface area contributed by atoms with Gasteiger partial charge in [-0.25, -0.2) is 0 Å². The normalized spacial score (nSPS) is 11.9. The van der Waals surface area contributed by atoms with Crippen LogP contribution in [0.1, 0.15) is 30.5 Å². The van der Waals surface area contributed by atoms with Gasteiger partial charge in [-0.2, -0.15) is 0 Å². The molecular weight excluding hydrogens is 200 g/mol. The average molecular weight is 215 g/mol. The molecule has 0 saturated heterocycles. The molecule has 0 atom stereocenters. The molecule has 1 aromatic carbocycles. The van der Waals surface area contributed by atoms with Gasteiger partial charge in [0, 0.05) is 5.56 Å². The summed E-state index contributed by atoms with van der Waals surface area (Å²) < 4.78 is 0. The van der Waals surface area contributed by atoms with Crippen molar-refractivity contribution in [3.05, 3.63) is 27.8 Å². The molecule has 0 fully saturated rings. The molecule has 14 heavy (non-hydrogen) atoms. The minimum absolute atomic E-state index is 0.0257. The van der Waals surface area contributed by atoms with E-state index in [1.807, 2.05) is 13.8 Å². The fourth-order valence-electron chi connectivity index (χ4n) is 1.33. The maximum atomic E-state index is 9.79. The van der Waals surface area contributed by atoms with Crippen molar-refractivity contribution in [3.63, 3.8) is 0 Å². The van der Waals surface area contributed by atoms with Crippen LogP contribution < -0.4 is 0 Å². The zero-order valence-electron chi connectivity index (χ0n) is 8.85. The molecule has 1 aromatic rings. The fourth-order valence-corrected chi connectivity index (χ4v) is 1.58. The summed E-state index contributed by atoms with van der Waals surface area (Å²) in [6, 6.07) is 1.76. The Kier molecular flexibility index (Phi) is 2.79. The molecule has 1 rings (SSSR count). The second kappa shape index (κ2) is 3.44. The second-order valence-electron chi connectivity index (χ2n) is 4.09. The van der Waals surface area contributed by atoms with Crippen LogP contribution in [0, 0.1) is 13.8 Å². The monoisotopic (exact) mass is 214 g/mol. The van der Waals surface area contributed by atoms with Gasteiger partial charge in [-0.15, -0.1) is 0 Å². The van der Waals surface area contributed by atoms with E-state index in [4.69, 9.17) is 11.6 Å². The van der Waals surface area contributed by atoms with Crippen LogP contribution in [0.2, 0.25) is 5.02 Å². The highest BCUT2D eigenvalue weighted by molar-refractivity contribution is 6.33. The molecular formula is C11H15ClO2. The van der Waals surface area contributed by atoms with Crippen LogP contribution in [0.5, 0.6) is 5.75 Å². The first kappa shape index (κ1) is 11.3. The Bertz CT molecular complexity index is 365. The van der Waals surface area contributed by atoms with Crippen molar-refractivity contribution in [3.8, 4) is 5.75 Å². The number of rotatable bonds is 1. The van der Waals surface area contributed by atoms with Crippen molar-refractivity contribution >= 4 is 11.6 Å². The molecule has 0 radical (unpaired) electrons. The van der Waals surface area contributed by atoms with Gasteiger partial charge in [0.25, 0.3) is 0 Å². The molecule has 0 aliphatic carbocycles. The summed E-state index contributed by atoms with van der Waals surface area (Å²) in [5.41, 5.74) is 1.19. The Morgan fingerprint density at radius 1 is 1.29 bits per heavy atom. The van der Waals surface area contributed by atoms with E-state index in [-0.39, 0.29) is 5.75 Å². The molecule has 0 aliphatic rings. The Morgan fingerprint density at radius 2 is 1.79 bits per heavy atom. The van der Waals surface area contributed by atoms with E-state index < -0.39 is 5.60 Å². The van der Waals surface area contributed by atoms with Gasteiger partial charge in [0.15, 0.2) is 0 Å². The summed E-state index contributed by atoms with van der Waals surface area (Å²) >= 11 is 5.93. The van der Waals surface area contributed by atoms with Crippen molar-refractivity contribution in [1.82, 2.24) is 0 Å². The third kappa shape index (κ3) is 1.86. The molecule has 0 amide bonds. The molecule has 2 nitrogen and oxygen atoms in total. The van der Waals surface area contributed by atoms with Crippen molar-refractivity contribution in [2.24, 2.45) is 0 Å². The first-order chi connectivity index (χ1) is 6.25. The number of halogens is 1. The van der Waals surface area contributed by atoms with E-state index in [1.54, 1.807) is 19.9 Å². The zero-order valence-corrected chi connectivity index (χ0v) is 9.61. The maximum Gasteiger partial charge on any atom is 0.140 e. The number of hydrogen-bond acceptors (Lipinski definition) is 2. The Balaban J connectivity index is 3.49. The van der Waals surface area contributed by atoms with Crippen molar-refractivity contribution in [2.75, 3.05) is 0 Å². The van der Waals surface area contributed by atoms with E-state index in [2.05, 4.69) is 0 Å². The van der Waals surface area contributed by atoms with E-state index in [9.17, 15) is 10.2 Å². The number of benzene rings is 1. The maximum absolute atomic E-state index is 9.79. The lowest BCUT2D eigenvalue weighted by Gasteiger charge is -2.21. The second-order valence-corrected chi connectivity index (χ2v) is 4.47. The van der Waals surface area contributed by atoms with Gasteiger partial charge in [-0.3, -0.25) is 0 Å². The van der Waals surface area contributed by atoms with Gasteiger partial charge in [0.1, 0.15) is 5.75 Å². The van der Waals surface area contributed by atoms with E-state index in [0.29, 0.717) is 10.6 Å². The summed E-state index contributed by atoms with van der Waals surface area (Å²) in [6.45, 7) is 6.97. The predicted molar refractivity (Wildman–Crippen MR) is 57.8 cm³/mol. The van der Waals surface area contributed by atoms with Crippen LogP contribution in [0.25, 0.3) is 0 Å². The van der Waals surface area contributed by atoms with Crippen LogP contribution in [-0.4, -0.2) is 10.2 Å². The molecule has 0 aliphatic heterocycles. The number of hydrogen-bond donors (Lipinski definition) is 2. The minimum Gasteiger partial charge on any atom is -0.506 e. The molecule has 0 unspecified atom stereocenters. The quantitative estimate of drug-likeness (QED) is 0.755. The molecule has 78 valence electrons. The molecule has 3 heteroatoms. The lowest BCUT2D eigenvalue weighted by Crippen LogP contribution is -2.16. The highest BCUT2D eigenvalue weighted by Crippen LogP contribution is 2.38. The molecule has 0 bridgehead atoms. The third-order valence-electron chi connectivity index (χ3n) is 2.40. The molecule has 0 heterocycles. The average Bonchev–Trinajstić information content (AvgIpc) is 2.06. The van der Waals surface area contributed by atoms with Crippen molar-refractivity contribution in [1.29, 1.82) is 0 Å². The third-order valence-corrected chi connectivity index (χ3v) is 2.87. The van der Waals surface area contributed by atoms with E-state index in [0.717, 1.165) is 11.1 Å². The van der Waals surface area contributed by atoms with Gasteiger partial charge in [-0.05, 0) is 44.9 Å². The SMILES string of the molecule is Cc1cc(C(C)(C)O)c(O)c(Cl)c1C. The molecule has 0 spiro atoms. The minimum atomic E-state index is -1.08. The summed E-state index contributed by atoms with van der Waals surface area (Å²) in [4.78, 5) is 0. The van der Waals surface area contributed by atoms with Crippen LogP contribution in [-0.2, 0) is 5.60 Å². The smallest absolute Gasteiger partial charge is 0.140 e. The Morgan fingerprint density at radius 3 is 2.21 bits per heavy atom. The summed E-state index contributed by atoms with van der Waals surface area (Å²) in [5, 5.41) is 19.9. The van der Waals surface area contributed by atoms with Crippen molar-refractivity contribution in [2.45, 2.75) is 33.3 Å². The van der Waals surface area contributed by atoms with Gasteiger partial charge in [-0.1, -0.05) is 11.6 Å². The van der Waals surface area contributed by atoms with Gasteiger partial charge < -0.3 is 10.2 Å². The highest BCUT2D eigenvalue weighted by atomic mass is 35.5. The lowest BCUT2D eigenvalue weighted by atomic mass is 9.93. The molecule has 2 N–H and O–H groups in total.